The summed E-state index contributed by atoms with van der Waals surface area (Å²) in [5.74, 6) is 1.03. The number of amides is 1. The molecule has 1 unspecified atom stereocenters. The van der Waals surface area contributed by atoms with Crippen molar-refractivity contribution in [3.8, 4) is 0 Å². The van der Waals surface area contributed by atoms with E-state index in [-0.39, 0.29) is 11.5 Å². The van der Waals surface area contributed by atoms with Gasteiger partial charge >= 0.3 is 0 Å². The summed E-state index contributed by atoms with van der Waals surface area (Å²) in [6.45, 7) is 10.7. The van der Waals surface area contributed by atoms with Crippen molar-refractivity contribution in [1.82, 2.24) is 5.48 Å². The molecule has 0 bridgehead atoms. The largest absolute Gasteiger partial charge is 0.330 e. The Morgan fingerprint density at radius 3 is 2.29 bits per heavy atom. The maximum absolute atomic E-state index is 11.6. The van der Waals surface area contributed by atoms with Crippen LogP contribution in [0.25, 0.3) is 0 Å². The fourth-order valence-electron chi connectivity index (χ4n) is 1.60. The molecule has 0 aromatic rings. The SMILES string of the molecule is CC(C)C(CCN)CCC(=O)NOC(C)(C)C. The lowest BCUT2D eigenvalue weighted by Gasteiger charge is -2.21. The summed E-state index contributed by atoms with van der Waals surface area (Å²) in [4.78, 5) is 16.8. The smallest absolute Gasteiger partial charge is 0.243 e. The Balaban J connectivity index is 3.88. The summed E-state index contributed by atoms with van der Waals surface area (Å²) in [6, 6.07) is 0. The third kappa shape index (κ3) is 9.12. The highest BCUT2D eigenvalue weighted by Gasteiger charge is 2.16. The number of rotatable bonds is 7. The van der Waals surface area contributed by atoms with E-state index in [0.29, 0.717) is 24.8 Å². The summed E-state index contributed by atoms with van der Waals surface area (Å²) in [6.07, 6.45) is 2.35. The monoisotopic (exact) mass is 244 g/mol. The van der Waals surface area contributed by atoms with E-state index < -0.39 is 0 Å². The maximum atomic E-state index is 11.6. The van der Waals surface area contributed by atoms with Crippen LogP contribution in [0, 0.1) is 11.8 Å². The molecule has 0 aliphatic rings. The summed E-state index contributed by atoms with van der Waals surface area (Å²) in [7, 11) is 0. The van der Waals surface area contributed by atoms with Crippen LogP contribution in [0.1, 0.15) is 53.9 Å². The molecular formula is C13H28N2O2. The highest BCUT2D eigenvalue weighted by molar-refractivity contribution is 5.74. The Morgan fingerprint density at radius 1 is 1.29 bits per heavy atom. The molecule has 0 fully saturated rings. The molecule has 1 amide bonds. The van der Waals surface area contributed by atoms with Crippen LogP contribution < -0.4 is 11.2 Å². The van der Waals surface area contributed by atoms with E-state index in [1.165, 1.54) is 0 Å². The second-order valence-corrected chi connectivity index (χ2v) is 5.86. The molecule has 0 aliphatic heterocycles. The number of nitrogens with two attached hydrogens (primary N) is 1. The van der Waals surface area contributed by atoms with Gasteiger partial charge in [0, 0.05) is 6.42 Å². The fraction of sp³-hybridized carbons (Fsp3) is 0.923. The normalized spacial score (nSPS) is 13.8. The van der Waals surface area contributed by atoms with Crippen LogP contribution in [0.2, 0.25) is 0 Å². The first-order valence-electron chi connectivity index (χ1n) is 6.43. The molecule has 0 rings (SSSR count). The van der Waals surface area contributed by atoms with Crippen LogP contribution in [0.5, 0.6) is 0 Å². The zero-order valence-electron chi connectivity index (χ0n) is 11.9. The van der Waals surface area contributed by atoms with E-state index in [1.54, 1.807) is 0 Å². The van der Waals surface area contributed by atoms with E-state index in [2.05, 4.69) is 19.3 Å². The van der Waals surface area contributed by atoms with E-state index in [0.717, 1.165) is 12.8 Å². The predicted molar refractivity (Wildman–Crippen MR) is 70.2 cm³/mol. The molecule has 0 spiro atoms. The maximum Gasteiger partial charge on any atom is 0.243 e. The number of nitrogens with one attached hydrogen (secondary N) is 1. The Hall–Kier alpha value is -0.610. The highest BCUT2D eigenvalue weighted by Crippen LogP contribution is 2.20. The van der Waals surface area contributed by atoms with Gasteiger partial charge < -0.3 is 5.73 Å². The molecule has 0 saturated carbocycles. The second kappa shape index (κ2) is 7.67. The highest BCUT2D eigenvalue weighted by atomic mass is 16.7. The number of hydroxylamine groups is 1. The van der Waals surface area contributed by atoms with Crippen molar-refractivity contribution in [2.24, 2.45) is 17.6 Å². The lowest BCUT2D eigenvalue weighted by molar-refractivity contribution is -0.145. The lowest BCUT2D eigenvalue weighted by atomic mass is 9.88. The second-order valence-electron chi connectivity index (χ2n) is 5.86. The number of carbonyl (C=O) groups excluding carboxylic acids is 1. The van der Waals surface area contributed by atoms with E-state index >= 15 is 0 Å². The molecule has 4 nitrogen and oxygen atoms in total. The molecule has 1 atom stereocenters. The van der Waals surface area contributed by atoms with Crippen LogP contribution in [0.3, 0.4) is 0 Å². The predicted octanol–water partition coefficient (Wildman–Crippen LogP) is 2.23. The van der Waals surface area contributed by atoms with Gasteiger partial charge in [0.1, 0.15) is 0 Å². The molecule has 0 aliphatic carbocycles. The minimum atomic E-state index is -0.343. The summed E-state index contributed by atoms with van der Waals surface area (Å²) in [5.41, 5.74) is 7.71. The third-order valence-corrected chi connectivity index (χ3v) is 2.69. The average Bonchev–Trinajstić information content (AvgIpc) is 2.19. The van der Waals surface area contributed by atoms with Gasteiger partial charge in [-0.15, -0.1) is 0 Å². The van der Waals surface area contributed by atoms with Gasteiger partial charge in [-0.05, 0) is 52.0 Å². The van der Waals surface area contributed by atoms with Gasteiger partial charge in [-0.2, -0.15) is 0 Å². The van der Waals surface area contributed by atoms with Crippen molar-refractivity contribution >= 4 is 5.91 Å². The Kier molecular flexibility index (Phi) is 7.39. The Morgan fingerprint density at radius 2 is 1.88 bits per heavy atom. The molecule has 102 valence electrons. The fourth-order valence-corrected chi connectivity index (χ4v) is 1.60. The van der Waals surface area contributed by atoms with Crippen molar-refractivity contribution in [3.63, 3.8) is 0 Å². The standard InChI is InChI=1S/C13H28N2O2/c1-10(2)11(8-9-14)6-7-12(16)15-17-13(3,4)5/h10-11H,6-9,14H2,1-5H3,(H,15,16). The summed E-state index contributed by atoms with van der Waals surface area (Å²) >= 11 is 0. The van der Waals surface area contributed by atoms with Crippen LogP contribution in [0.4, 0.5) is 0 Å². The molecule has 0 aromatic heterocycles. The molecule has 0 heterocycles. The first-order valence-corrected chi connectivity index (χ1v) is 6.43. The van der Waals surface area contributed by atoms with Crippen molar-refractivity contribution in [2.75, 3.05) is 6.54 Å². The van der Waals surface area contributed by atoms with Gasteiger partial charge in [0.2, 0.25) is 5.91 Å². The van der Waals surface area contributed by atoms with Crippen molar-refractivity contribution in [2.45, 2.75) is 59.5 Å². The average molecular weight is 244 g/mol. The molecule has 0 radical (unpaired) electrons. The lowest BCUT2D eigenvalue weighted by Crippen LogP contribution is -2.33. The molecule has 17 heavy (non-hydrogen) atoms. The molecule has 4 heteroatoms. The zero-order valence-corrected chi connectivity index (χ0v) is 11.9. The van der Waals surface area contributed by atoms with Crippen LogP contribution in [-0.4, -0.2) is 18.1 Å². The zero-order chi connectivity index (χ0) is 13.5. The summed E-state index contributed by atoms with van der Waals surface area (Å²) in [5, 5.41) is 0. The minimum absolute atomic E-state index is 0.0532. The quantitative estimate of drug-likeness (QED) is 0.675. The van der Waals surface area contributed by atoms with Gasteiger partial charge in [0.05, 0.1) is 5.60 Å². The van der Waals surface area contributed by atoms with Crippen molar-refractivity contribution < 1.29 is 9.63 Å². The minimum Gasteiger partial charge on any atom is -0.330 e. The number of hydrogen-bond acceptors (Lipinski definition) is 3. The first kappa shape index (κ1) is 16.4. The molecule has 3 N–H and O–H groups in total. The topological polar surface area (TPSA) is 64.4 Å². The van der Waals surface area contributed by atoms with Crippen molar-refractivity contribution in [3.05, 3.63) is 0 Å². The van der Waals surface area contributed by atoms with E-state index in [4.69, 9.17) is 10.6 Å². The van der Waals surface area contributed by atoms with Gasteiger partial charge in [-0.25, -0.2) is 5.48 Å². The molecule has 0 saturated heterocycles. The van der Waals surface area contributed by atoms with Gasteiger partial charge in [0.25, 0.3) is 0 Å². The summed E-state index contributed by atoms with van der Waals surface area (Å²) < 4.78 is 0. The van der Waals surface area contributed by atoms with E-state index in [1.807, 2.05) is 20.8 Å². The Bertz CT molecular complexity index is 222. The van der Waals surface area contributed by atoms with Gasteiger partial charge in [-0.1, -0.05) is 13.8 Å². The molecular weight excluding hydrogens is 216 g/mol. The van der Waals surface area contributed by atoms with Gasteiger partial charge in [0.15, 0.2) is 0 Å². The number of hydrogen-bond donors (Lipinski definition) is 2. The first-order chi connectivity index (χ1) is 7.76. The Labute approximate surface area is 105 Å². The van der Waals surface area contributed by atoms with Gasteiger partial charge in [-0.3, -0.25) is 9.63 Å². The number of carbonyl (C=O) groups is 1. The van der Waals surface area contributed by atoms with Crippen LogP contribution in [0.15, 0.2) is 0 Å². The van der Waals surface area contributed by atoms with Crippen LogP contribution in [-0.2, 0) is 9.63 Å². The van der Waals surface area contributed by atoms with E-state index in [9.17, 15) is 4.79 Å². The van der Waals surface area contributed by atoms with Crippen LogP contribution >= 0.6 is 0 Å². The third-order valence-electron chi connectivity index (χ3n) is 2.69. The molecule has 0 aromatic carbocycles. The van der Waals surface area contributed by atoms with Crippen molar-refractivity contribution in [1.29, 1.82) is 0 Å².